The molecule has 0 saturated heterocycles. The van der Waals surface area contributed by atoms with E-state index in [0.717, 1.165) is 45.5 Å². The molecule has 4 unspecified atom stereocenters. The smallest absolute Gasteiger partial charge is 0.160 e. The molecule has 0 saturated carbocycles. The largest absolute Gasteiger partial charge is 0.233 e. The second-order valence-electron chi connectivity index (χ2n) is 15.0. The minimum absolute atomic E-state index is 0.188. The Hall–Kier alpha value is -6.64. The van der Waals surface area contributed by atoms with Gasteiger partial charge in [0.2, 0.25) is 0 Å². The highest BCUT2D eigenvalue weighted by Gasteiger charge is 2.55. The highest BCUT2D eigenvalue weighted by atomic mass is 14.9. The molecule has 3 aliphatic carbocycles. The molecule has 0 aromatic heterocycles. The molecule has 0 amide bonds. The summed E-state index contributed by atoms with van der Waals surface area (Å²) in [5.41, 5.74) is 13.2. The molecule has 9 rings (SSSR count). The van der Waals surface area contributed by atoms with Gasteiger partial charge in [0.05, 0.1) is 5.70 Å². The predicted octanol–water partition coefficient (Wildman–Crippen LogP) is 13.2. The summed E-state index contributed by atoms with van der Waals surface area (Å²) in [4.78, 5) is 10.5. The molecule has 0 aliphatic heterocycles. The van der Waals surface area contributed by atoms with Gasteiger partial charge in [0, 0.05) is 34.1 Å². The van der Waals surface area contributed by atoms with Gasteiger partial charge in [-0.2, -0.15) is 0 Å². The SMILES string of the molecule is C=C(/N=C(\N=C(/C)C1=CC2c3ccccc3C(c3ccccc3)(C3C=CC=CC3)C2C=C1)c1ccc(-c2ccccc2)cc1)c1cccc(-c2ccccc2)c1. The Labute approximate surface area is 331 Å². The van der Waals surface area contributed by atoms with Crippen molar-refractivity contribution in [3.05, 3.63) is 246 Å². The molecule has 0 radical (unpaired) electrons. The monoisotopic (exact) mass is 720 g/mol. The maximum atomic E-state index is 5.34. The van der Waals surface area contributed by atoms with E-state index in [1.165, 1.54) is 22.3 Å². The normalized spacial score (nSPS) is 21.3. The Morgan fingerprint density at radius 2 is 1.25 bits per heavy atom. The van der Waals surface area contributed by atoms with Crippen LogP contribution in [0.1, 0.15) is 47.1 Å². The first kappa shape index (κ1) is 35.1. The van der Waals surface area contributed by atoms with Crippen LogP contribution in [0.15, 0.2) is 228 Å². The van der Waals surface area contributed by atoms with Crippen LogP contribution in [0.3, 0.4) is 0 Å². The van der Waals surface area contributed by atoms with Gasteiger partial charge in [-0.05, 0) is 69.8 Å². The fraction of sp³-hybridized carbons (Fsp3) is 0.111. The van der Waals surface area contributed by atoms with Gasteiger partial charge in [-0.3, -0.25) is 0 Å². The van der Waals surface area contributed by atoms with E-state index in [0.29, 0.717) is 17.5 Å². The number of nitrogens with zero attached hydrogens (tertiary/aromatic N) is 2. The van der Waals surface area contributed by atoms with Gasteiger partial charge >= 0.3 is 0 Å². The van der Waals surface area contributed by atoms with Crippen molar-refractivity contribution >= 4 is 17.2 Å². The Balaban J connectivity index is 1.11. The molecule has 6 aromatic rings. The van der Waals surface area contributed by atoms with E-state index >= 15 is 0 Å². The summed E-state index contributed by atoms with van der Waals surface area (Å²) in [5.74, 6) is 1.44. The zero-order valence-corrected chi connectivity index (χ0v) is 31.7. The minimum Gasteiger partial charge on any atom is -0.233 e. The van der Waals surface area contributed by atoms with Crippen molar-refractivity contribution in [2.75, 3.05) is 0 Å². The molecule has 3 aliphatic rings. The van der Waals surface area contributed by atoms with E-state index in [9.17, 15) is 0 Å². The molecular weight excluding hydrogens is 677 g/mol. The molecular formula is C54H44N2. The predicted molar refractivity (Wildman–Crippen MR) is 236 cm³/mol. The fourth-order valence-corrected chi connectivity index (χ4v) is 9.15. The van der Waals surface area contributed by atoms with Crippen molar-refractivity contribution in [2.45, 2.75) is 24.7 Å². The number of allylic oxidation sites excluding steroid dienone is 8. The molecule has 2 heteroatoms. The molecule has 0 N–H and O–H groups in total. The topological polar surface area (TPSA) is 24.7 Å². The maximum Gasteiger partial charge on any atom is 0.160 e. The molecule has 4 atom stereocenters. The molecule has 0 heterocycles. The van der Waals surface area contributed by atoms with Crippen molar-refractivity contribution in [3.8, 4) is 22.3 Å². The van der Waals surface area contributed by atoms with Crippen molar-refractivity contribution in [1.29, 1.82) is 0 Å². The van der Waals surface area contributed by atoms with E-state index < -0.39 is 0 Å². The summed E-state index contributed by atoms with van der Waals surface area (Å²) in [6.45, 7) is 6.59. The van der Waals surface area contributed by atoms with Crippen LogP contribution in [0.4, 0.5) is 0 Å². The van der Waals surface area contributed by atoms with Gasteiger partial charge in [-0.15, -0.1) is 0 Å². The summed E-state index contributed by atoms with van der Waals surface area (Å²) in [6, 6.07) is 58.2. The summed E-state index contributed by atoms with van der Waals surface area (Å²) < 4.78 is 0. The molecule has 0 spiro atoms. The van der Waals surface area contributed by atoms with Crippen LogP contribution in [-0.2, 0) is 5.41 Å². The quantitative estimate of drug-likeness (QED) is 0.110. The number of fused-ring (bicyclic) bond motifs is 3. The first-order valence-corrected chi connectivity index (χ1v) is 19.6. The lowest BCUT2D eigenvalue weighted by Gasteiger charge is -2.44. The first-order valence-electron chi connectivity index (χ1n) is 19.6. The van der Waals surface area contributed by atoms with Gasteiger partial charge in [-0.25, -0.2) is 9.98 Å². The maximum absolute atomic E-state index is 5.34. The molecule has 270 valence electrons. The van der Waals surface area contributed by atoms with Gasteiger partial charge < -0.3 is 0 Å². The minimum atomic E-state index is -0.188. The third kappa shape index (κ3) is 6.48. The summed E-state index contributed by atoms with van der Waals surface area (Å²) >= 11 is 0. The average Bonchev–Trinajstić information content (AvgIpc) is 3.58. The standard InChI is InChI=1S/C54H44N2/c1-38(44-22-17-23-46(36-44)41-20-9-4-10-21-41)55-53(43-32-30-42(31-33-43)40-18-7-3-8-19-40)56-39(2)45-34-35-52-50(37-45)49-28-15-16-29-51(49)54(52,47-24-11-5-12-25-47)48-26-13-6-14-27-48/h3-26,28-37,48,50,52H,1,27H2,2H3/b55-53-,56-39+. The highest BCUT2D eigenvalue weighted by molar-refractivity contribution is 6.13. The zero-order valence-electron chi connectivity index (χ0n) is 31.7. The van der Waals surface area contributed by atoms with Crippen LogP contribution in [-0.4, -0.2) is 11.5 Å². The third-order valence-electron chi connectivity index (χ3n) is 11.8. The number of aliphatic imine (C=N–C) groups is 2. The van der Waals surface area contributed by atoms with Gasteiger partial charge in [0.25, 0.3) is 0 Å². The van der Waals surface area contributed by atoms with Crippen LogP contribution in [0.5, 0.6) is 0 Å². The van der Waals surface area contributed by atoms with Crippen molar-refractivity contribution in [3.63, 3.8) is 0 Å². The van der Waals surface area contributed by atoms with Crippen LogP contribution < -0.4 is 0 Å². The van der Waals surface area contributed by atoms with E-state index in [4.69, 9.17) is 9.98 Å². The zero-order chi connectivity index (χ0) is 37.9. The first-order chi connectivity index (χ1) is 27.6. The van der Waals surface area contributed by atoms with Crippen molar-refractivity contribution in [1.82, 2.24) is 0 Å². The van der Waals surface area contributed by atoms with Gasteiger partial charge in [-0.1, -0.05) is 207 Å². The lowest BCUT2D eigenvalue weighted by atomic mass is 9.58. The molecule has 0 fully saturated rings. The molecule has 0 bridgehead atoms. The summed E-state index contributed by atoms with van der Waals surface area (Å²) in [7, 11) is 0. The van der Waals surface area contributed by atoms with Crippen LogP contribution in [0.25, 0.3) is 28.0 Å². The average molecular weight is 721 g/mol. The Bertz CT molecular complexity index is 2570. The lowest BCUT2D eigenvalue weighted by Crippen LogP contribution is -2.41. The van der Waals surface area contributed by atoms with E-state index in [1.807, 2.05) is 12.1 Å². The van der Waals surface area contributed by atoms with Crippen molar-refractivity contribution in [2.24, 2.45) is 21.8 Å². The van der Waals surface area contributed by atoms with E-state index in [1.54, 1.807) is 0 Å². The Kier molecular flexibility index (Phi) is 9.55. The molecule has 2 nitrogen and oxygen atoms in total. The fourth-order valence-electron chi connectivity index (χ4n) is 9.15. The number of amidine groups is 1. The summed E-state index contributed by atoms with van der Waals surface area (Å²) in [6.07, 6.45) is 17.4. The third-order valence-corrected chi connectivity index (χ3v) is 11.8. The Morgan fingerprint density at radius 1 is 0.607 bits per heavy atom. The number of hydrogen-bond donors (Lipinski definition) is 0. The van der Waals surface area contributed by atoms with Crippen LogP contribution >= 0.6 is 0 Å². The van der Waals surface area contributed by atoms with Crippen molar-refractivity contribution < 1.29 is 0 Å². The second kappa shape index (κ2) is 15.2. The summed E-state index contributed by atoms with van der Waals surface area (Å²) in [5, 5.41) is 0. The Morgan fingerprint density at radius 3 is 1.96 bits per heavy atom. The van der Waals surface area contributed by atoms with E-state index in [-0.39, 0.29) is 17.3 Å². The lowest BCUT2D eigenvalue weighted by molar-refractivity contribution is 0.300. The van der Waals surface area contributed by atoms with Crippen LogP contribution in [0, 0.1) is 11.8 Å². The van der Waals surface area contributed by atoms with Crippen LogP contribution in [0.2, 0.25) is 0 Å². The highest BCUT2D eigenvalue weighted by Crippen LogP contribution is 2.61. The molecule has 6 aromatic carbocycles. The molecule has 56 heavy (non-hydrogen) atoms. The van der Waals surface area contributed by atoms with Gasteiger partial charge in [0.15, 0.2) is 5.84 Å². The van der Waals surface area contributed by atoms with E-state index in [2.05, 4.69) is 208 Å². The second-order valence-corrected chi connectivity index (χ2v) is 15.0. The number of benzene rings is 6. The number of rotatable bonds is 8. The van der Waals surface area contributed by atoms with Gasteiger partial charge in [0.1, 0.15) is 0 Å². The number of hydrogen-bond acceptors (Lipinski definition) is 1.